The molecule has 0 radical (unpaired) electrons. The van der Waals surface area contributed by atoms with Crippen LogP contribution in [0.2, 0.25) is 0 Å². The Labute approximate surface area is 236 Å². The van der Waals surface area contributed by atoms with Gasteiger partial charge in [0.2, 0.25) is 0 Å². The monoisotopic (exact) mass is 550 g/mol. The predicted octanol–water partition coefficient (Wildman–Crippen LogP) is 3.48. The van der Waals surface area contributed by atoms with Crippen molar-refractivity contribution < 1.29 is 24.5 Å². The summed E-state index contributed by atoms with van der Waals surface area (Å²) in [5.41, 5.74) is 5.78. The van der Waals surface area contributed by atoms with Gasteiger partial charge in [0, 0.05) is 0 Å². The van der Waals surface area contributed by atoms with Gasteiger partial charge >= 0.3 is 0 Å². The van der Waals surface area contributed by atoms with Crippen LogP contribution in [0.4, 0.5) is 5.82 Å². The molecule has 1 aliphatic rings. The maximum absolute atomic E-state index is 15.1. The van der Waals surface area contributed by atoms with Crippen molar-refractivity contribution in [1.29, 1.82) is 0 Å². The van der Waals surface area contributed by atoms with Crippen molar-refractivity contribution in [2.45, 2.75) is 36.3 Å². The number of hydrogen-bond donors (Lipinski definition) is 3. The lowest BCUT2D eigenvalue weighted by molar-refractivity contribution is -0.137. The van der Waals surface area contributed by atoms with Crippen molar-refractivity contribution in [2.75, 3.05) is 12.8 Å². The Morgan fingerprint density at radius 3 is 2.12 bits per heavy atom. The van der Waals surface area contributed by atoms with Crippen molar-refractivity contribution in [2.24, 2.45) is 0 Å². The van der Waals surface area contributed by atoms with Gasteiger partial charge in [-0.3, -0.25) is 4.79 Å². The molecule has 0 amide bonds. The highest BCUT2D eigenvalue weighted by molar-refractivity contribution is 6.01. The minimum Gasteiger partial charge on any atom is -0.497 e. The Hall–Kier alpha value is -4.57. The normalized spacial score (nSPS) is 22.6. The van der Waals surface area contributed by atoms with E-state index in [1.54, 1.807) is 31.4 Å². The lowest BCUT2D eigenvalue weighted by Crippen LogP contribution is -2.51. The zero-order valence-electron chi connectivity index (χ0n) is 22.6. The number of Topliss-reactive ketones (excluding diaryl/α,β-unsaturated/α-hetero) is 1. The maximum atomic E-state index is 15.1. The maximum Gasteiger partial charge on any atom is 0.183 e. The number of anilines is 1. The molecule has 9 heteroatoms. The van der Waals surface area contributed by atoms with Gasteiger partial charge in [0.1, 0.15) is 46.9 Å². The fraction of sp³-hybridized carbons (Fsp3) is 0.219. The van der Waals surface area contributed by atoms with Gasteiger partial charge in [0.05, 0.1) is 12.8 Å². The molecular formula is C32H30N4O5. The van der Waals surface area contributed by atoms with Gasteiger partial charge in [-0.1, -0.05) is 72.8 Å². The van der Waals surface area contributed by atoms with Gasteiger partial charge < -0.3 is 25.4 Å². The summed E-state index contributed by atoms with van der Waals surface area (Å²) in [4.78, 5) is 19.1. The Morgan fingerprint density at radius 1 is 0.951 bits per heavy atom. The molecule has 41 heavy (non-hydrogen) atoms. The van der Waals surface area contributed by atoms with Gasteiger partial charge in [-0.2, -0.15) is 5.10 Å². The van der Waals surface area contributed by atoms with Crippen molar-refractivity contribution in [3.63, 3.8) is 0 Å². The number of methoxy groups -OCH3 is 1. The van der Waals surface area contributed by atoms with Gasteiger partial charge in [-0.15, -0.1) is 0 Å². The average molecular weight is 551 g/mol. The summed E-state index contributed by atoms with van der Waals surface area (Å²) in [6.07, 6.45) is -2.76. The molecule has 0 unspecified atom stereocenters. The molecule has 2 aromatic heterocycles. The molecule has 1 aliphatic heterocycles. The first-order valence-corrected chi connectivity index (χ1v) is 13.2. The van der Waals surface area contributed by atoms with Crippen molar-refractivity contribution in [1.82, 2.24) is 14.6 Å². The van der Waals surface area contributed by atoms with Crippen LogP contribution in [-0.2, 0) is 14.9 Å². The van der Waals surface area contributed by atoms with E-state index in [2.05, 4.69) is 10.1 Å². The molecule has 4 N–H and O–H groups in total. The van der Waals surface area contributed by atoms with Crippen LogP contribution in [0.3, 0.4) is 0 Å². The molecule has 9 nitrogen and oxygen atoms in total. The number of nitrogens with two attached hydrogens (primary N) is 1. The number of ketones is 1. The van der Waals surface area contributed by atoms with Gasteiger partial charge in [-0.05, 0) is 47.9 Å². The van der Waals surface area contributed by atoms with Crippen LogP contribution in [0.25, 0.3) is 5.52 Å². The SMILES string of the molecule is COc1ccc(C(C(=O)[C@H]2O[C@@H](c3ccc4c(N)ncnn34)[C@](C)(O)[C@@H]2O)(c2ccccc2)c2ccccc2)cc1. The molecule has 0 saturated carbocycles. The van der Waals surface area contributed by atoms with Crippen LogP contribution in [-0.4, -0.2) is 55.5 Å². The Morgan fingerprint density at radius 2 is 1.54 bits per heavy atom. The number of aliphatic hydroxyl groups excluding tert-OH is 1. The van der Waals surface area contributed by atoms with Crippen LogP contribution in [0.1, 0.15) is 35.4 Å². The second-order valence-electron chi connectivity index (χ2n) is 10.4. The molecule has 0 bridgehead atoms. The standard InChI is InChI=1S/C32H30N4O5/c1-31(39)27(37)26(41-29(31)24-17-18-25-30(33)34-19-35-36(24)25)28(38)32(20-9-5-3-6-10-20,21-11-7-4-8-12-21)22-13-15-23(40-2)16-14-22/h3-19,26-27,29,37,39H,1-2H3,(H2,33,34,35)/t26-,27+,29-,31+/m0/s1. The fourth-order valence-corrected chi connectivity index (χ4v) is 5.92. The second kappa shape index (κ2) is 10.1. The molecule has 0 aliphatic carbocycles. The third kappa shape index (κ3) is 4.09. The lowest BCUT2D eigenvalue weighted by Gasteiger charge is -2.37. The number of fused-ring (bicyclic) bond motifs is 1. The molecule has 6 rings (SSSR count). The van der Waals surface area contributed by atoms with E-state index < -0.39 is 35.1 Å². The molecule has 5 aromatic rings. The van der Waals surface area contributed by atoms with Crippen LogP contribution < -0.4 is 10.5 Å². The summed E-state index contributed by atoms with van der Waals surface area (Å²) in [5, 5.41) is 27.5. The van der Waals surface area contributed by atoms with E-state index in [1.165, 1.54) is 17.8 Å². The van der Waals surface area contributed by atoms with Crippen LogP contribution in [0.15, 0.2) is 103 Å². The van der Waals surface area contributed by atoms with Crippen LogP contribution >= 0.6 is 0 Å². The van der Waals surface area contributed by atoms with Crippen molar-refractivity contribution in [3.05, 3.63) is 126 Å². The number of rotatable bonds is 7. The summed E-state index contributed by atoms with van der Waals surface area (Å²) < 4.78 is 13.3. The highest BCUT2D eigenvalue weighted by atomic mass is 16.6. The summed E-state index contributed by atoms with van der Waals surface area (Å²) in [6.45, 7) is 1.46. The first-order valence-electron chi connectivity index (χ1n) is 13.2. The summed E-state index contributed by atoms with van der Waals surface area (Å²) in [5.74, 6) is 0.465. The number of nitrogens with zero attached hydrogens (tertiary/aromatic N) is 3. The van der Waals surface area contributed by atoms with Gasteiger partial charge in [-0.25, -0.2) is 9.50 Å². The van der Waals surface area contributed by atoms with Crippen molar-refractivity contribution in [3.8, 4) is 5.75 Å². The molecule has 0 spiro atoms. The third-order valence-electron chi connectivity index (χ3n) is 8.04. The van der Waals surface area contributed by atoms with E-state index in [4.69, 9.17) is 15.2 Å². The number of aliphatic hydroxyl groups is 2. The predicted molar refractivity (Wildman–Crippen MR) is 152 cm³/mol. The largest absolute Gasteiger partial charge is 0.497 e. The molecule has 1 fully saturated rings. The Balaban J connectivity index is 1.54. The summed E-state index contributed by atoms with van der Waals surface area (Å²) in [7, 11) is 1.58. The second-order valence-corrected chi connectivity index (χ2v) is 10.4. The lowest BCUT2D eigenvalue weighted by atomic mass is 9.64. The third-order valence-corrected chi connectivity index (χ3v) is 8.04. The van der Waals surface area contributed by atoms with Crippen LogP contribution in [0, 0.1) is 0 Å². The fourth-order valence-electron chi connectivity index (χ4n) is 5.92. The topological polar surface area (TPSA) is 132 Å². The summed E-state index contributed by atoms with van der Waals surface area (Å²) >= 11 is 0. The number of hydrogen-bond acceptors (Lipinski definition) is 8. The van der Waals surface area contributed by atoms with Crippen molar-refractivity contribution >= 4 is 17.1 Å². The minimum atomic E-state index is -1.84. The zero-order chi connectivity index (χ0) is 28.8. The number of carbonyl (C=O) groups excluding carboxylic acids is 1. The number of carbonyl (C=O) groups is 1. The highest BCUT2D eigenvalue weighted by Crippen LogP contribution is 2.48. The Kier molecular flexibility index (Phi) is 6.57. The van der Waals surface area contributed by atoms with E-state index in [1.807, 2.05) is 72.8 Å². The molecule has 3 heterocycles. The summed E-state index contributed by atoms with van der Waals surface area (Å²) in [6, 6.07) is 29.4. The number of ether oxygens (including phenoxy) is 2. The van der Waals surface area contributed by atoms with E-state index >= 15 is 4.79 Å². The van der Waals surface area contributed by atoms with Crippen LogP contribution in [0.5, 0.6) is 5.75 Å². The first kappa shape index (κ1) is 26.6. The molecule has 1 saturated heterocycles. The smallest absolute Gasteiger partial charge is 0.183 e. The van der Waals surface area contributed by atoms with Gasteiger partial charge in [0.25, 0.3) is 0 Å². The zero-order valence-corrected chi connectivity index (χ0v) is 22.6. The quantitative estimate of drug-likeness (QED) is 0.263. The molecular weight excluding hydrogens is 520 g/mol. The minimum absolute atomic E-state index is 0.253. The number of benzene rings is 3. The molecule has 3 aromatic carbocycles. The molecule has 208 valence electrons. The Bertz CT molecular complexity index is 1650. The van der Waals surface area contributed by atoms with E-state index in [0.717, 1.165) is 0 Å². The molecule has 4 atom stereocenters. The average Bonchev–Trinajstić information content (AvgIpc) is 3.53. The van der Waals surface area contributed by atoms with E-state index in [0.29, 0.717) is 33.7 Å². The van der Waals surface area contributed by atoms with Gasteiger partial charge in [0.15, 0.2) is 11.6 Å². The van der Waals surface area contributed by atoms with E-state index in [9.17, 15) is 10.2 Å². The highest BCUT2D eigenvalue weighted by Gasteiger charge is 2.60. The number of nitrogen functional groups attached to an aromatic ring is 1. The first-order chi connectivity index (χ1) is 19.8. The van der Waals surface area contributed by atoms with E-state index in [-0.39, 0.29) is 5.82 Å². The number of aromatic nitrogens is 3.